The van der Waals surface area contributed by atoms with Gasteiger partial charge in [-0.05, 0) is 53.3 Å². The maximum absolute atomic E-state index is 10.5. The van der Waals surface area contributed by atoms with Crippen molar-refractivity contribution in [1.29, 1.82) is 0 Å². The summed E-state index contributed by atoms with van der Waals surface area (Å²) < 4.78 is 5.88. The van der Waals surface area contributed by atoms with Crippen LogP contribution >= 0.6 is 0 Å². The van der Waals surface area contributed by atoms with Crippen molar-refractivity contribution in [1.82, 2.24) is 0 Å². The van der Waals surface area contributed by atoms with Crippen LogP contribution in [0.15, 0.2) is 47.6 Å². The Morgan fingerprint density at radius 3 is 2.85 bits per heavy atom. The standard InChI is InChI=1S/C16H15NO3/c18-10-11-7-12-3-1-6-16(15(12)8-11)20-14-5-2-4-13(9-14)17-19/h1-6,9,11,18H,7-8,10H2. The lowest BCUT2D eigenvalue weighted by molar-refractivity contribution is 0.232. The molecule has 1 unspecified atom stereocenters. The van der Waals surface area contributed by atoms with E-state index in [9.17, 15) is 10.0 Å². The number of hydrogen-bond acceptors (Lipinski definition) is 4. The molecule has 0 saturated heterocycles. The van der Waals surface area contributed by atoms with E-state index in [2.05, 4.69) is 11.2 Å². The van der Waals surface area contributed by atoms with E-state index in [0.717, 1.165) is 24.2 Å². The molecule has 1 atom stereocenters. The topological polar surface area (TPSA) is 58.9 Å². The Balaban J connectivity index is 1.89. The largest absolute Gasteiger partial charge is 0.457 e. The number of rotatable bonds is 4. The molecule has 0 heterocycles. The number of hydrogen-bond donors (Lipinski definition) is 1. The quantitative estimate of drug-likeness (QED) is 0.863. The highest BCUT2D eigenvalue weighted by atomic mass is 16.5. The van der Waals surface area contributed by atoms with Crippen molar-refractivity contribution in [2.75, 3.05) is 6.61 Å². The first kappa shape index (κ1) is 12.8. The third-order valence-corrected chi connectivity index (χ3v) is 3.64. The van der Waals surface area contributed by atoms with E-state index in [0.29, 0.717) is 11.4 Å². The minimum Gasteiger partial charge on any atom is -0.457 e. The van der Waals surface area contributed by atoms with E-state index in [1.54, 1.807) is 24.3 Å². The van der Waals surface area contributed by atoms with Crippen molar-refractivity contribution in [2.45, 2.75) is 12.8 Å². The number of benzene rings is 2. The van der Waals surface area contributed by atoms with Crippen LogP contribution in [-0.2, 0) is 12.8 Å². The monoisotopic (exact) mass is 269 g/mol. The van der Waals surface area contributed by atoms with Crippen molar-refractivity contribution in [3.63, 3.8) is 0 Å². The van der Waals surface area contributed by atoms with Gasteiger partial charge in [-0.3, -0.25) is 0 Å². The van der Waals surface area contributed by atoms with Crippen LogP contribution < -0.4 is 4.74 Å². The van der Waals surface area contributed by atoms with Gasteiger partial charge in [0.15, 0.2) is 0 Å². The number of aliphatic hydroxyl groups is 1. The van der Waals surface area contributed by atoms with E-state index in [1.165, 1.54) is 5.56 Å². The van der Waals surface area contributed by atoms with E-state index in [4.69, 9.17) is 4.74 Å². The summed E-state index contributed by atoms with van der Waals surface area (Å²) >= 11 is 0. The van der Waals surface area contributed by atoms with Crippen LogP contribution in [0.3, 0.4) is 0 Å². The molecular weight excluding hydrogens is 254 g/mol. The normalized spacial score (nSPS) is 16.8. The number of ether oxygens (including phenoxy) is 1. The average Bonchev–Trinajstić information content (AvgIpc) is 2.92. The van der Waals surface area contributed by atoms with Gasteiger partial charge < -0.3 is 9.84 Å². The molecule has 1 N–H and O–H groups in total. The van der Waals surface area contributed by atoms with Crippen molar-refractivity contribution >= 4 is 5.69 Å². The zero-order chi connectivity index (χ0) is 13.9. The lowest BCUT2D eigenvalue weighted by atomic mass is 10.1. The predicted octanol–water partition coefficient (Wildman–Crippen LogP) is 3.58. The molecule has 20 heavy (non-hydrogen) atoms. The molecule has 1 aliphatic carbocycles. The number of nitroso groups, excluding NO2 is 1. The first-order valence-electron chi connectivity index (χ1n) is 6.63. The van der Waals surface area contributed by atoms with Crippen LogP contribution in [0.1, 0.15) is 11.1 Å². The molecule has 0 aliphatic heterocycles. The van der Waals surface area contributed by atoms with Gasteiger partial charge in [-0.1, -0.05) is 18.2 Å². The average molecular weight is 269 g/mol. The van der Waals surface area contributed by atoms with Crippen LogP contribution in [0.5, 0.6) is 11.5 Å². The molecule has 0 bridgehead atoms. The summed E-state index contributed by atoms with van der Waals surface area (Å²) in [5.74, 6) is 1.67. The fraction of sp³-hybridized carbons (Fsp3) is 0.250. The zero-order valence-corrected chi connectivity index (χ0v) is 11.0. The molecular formula is C16H15NO3. The van der Waals surface area contributed by atoms with E-state index < -0.39 is 0 Å². The second-order valence-electron chi connectivity index (χ2n) is 5.04. The zero-order valence-electron chi connectivity index (χ0n) is 11.0. The lowest BCUT2D eigenvalue weighted by Gasteiger charge is -2.10. The van der Waals surface area contributed by atoms with Crippen molar-refractivity contribution < 1.29 is 9.84 Å². The fourth-order valence-electron chi connectivity index (χ4n) is 2.66. The third kappa shape index (κ3) is 2.42. The molecule has 4 nitrogen and oxygen atoms in total. The lowest BCUT2D eigenvalue weighted by Crippen LogP contribution is -2.04. The minimum atomic E-state index is 0.193. The van der Waals surface area contributed by atoms with Crippen LogP contribution in [0.2, 0.25) is 0 Å². The highest BCUT2D eigenvalue weighted by Gasteiger charge is 2.23. The summed E-state index contributed by atoms with van der Waals surface area (Å²) in [6.45, 7) is 0.193. The summed E-state index contributed by atoms with van der Waals surface area (Å²) in [6, 6.07) is 12.7. The molecule has 102 valence electrons. The van der Waals surface area contributed by atoms with Gasteiger partial charge in [0.05, 0.1) is 0 Å². The Morgan fingerprint density at radius 2 is 2.05 bits per heavy atom. The van der Waals surface area contributed by atoms with Gasteiger partial charge in [-0.2, -0.15) is 0 Å². The predicted molar refractivity (Wildman–Crippen MR) is 76.4 cm³/mol. The van der Waals surface area contributed by atoms with Crippen LogP contribution in [0.25, 0.3) is 0 Å². The van der Waals surface area contributed by atoms with Gasteiger partial charge in [0.2, 0.25) is 0 Å². The number of nitrogens with zero attached hydrogens (tertiary/aromatic N) is 1. The summed E-state index contributed by atoms with van der Waals surface area (Å²) in [6.07, 6.45) is 1.71. The Labute approximate surface area is 117 Å². The van der Waals surface area contributed by atoms with E-state index in [1.807, 2.05) is 12.1 Å². The number of aliphatic hydroxyl groups excluding tert-OH is 1. The SMILES string of the molecule is O=Nc1cccc(Oc2cccc3c2CC(CO)C3)c1. The second-order valence-corrected chi connectivity index (χ2v) is 5.04. The highest BCUT2D eigenvalue weighted by Crippen LogP contribution is 2.36. The van der Waals surface area contributed by atoms with E-state index >= 15 is 0 Å². The molecule has 4 heteroatoms. The maximum Gasteiger partial charge on any atom is 0.130 e. The molecule has 0 radical (unpaired) electrons. The first-order chi connectivity index (χ1) is 9.80. The summed E-state index contributed by atoms with van der Waals surface area (Å²) in [4.78, 5) is 10.5. The van der Waals surface area contributed by atoms with Gasteiger partial charge in [0.25, 0.3) is 0 Å². The Kier molecular flexibility index (Phi) is 3.48. The Hall–Kier alpha value is -2.20. The Bertz CT molecular complexity index is 639. The van der Waals surface area contributed by atoms with Gasteiger partial charge in [-0.15, -0.1) is 4.91 Å². The molecule has 0 aromatic heterocycles. The Morgan fingerprint density at radius 1 is 1.20 bits per heavy atom. The summed E-state index contributed by atoms with van der Waals surface area (Å²) in [5, 5.41) is 12.2. The molecule has 0 fully saturated rings. The third-order valence-electron chi connectivity index (χ3n) is 3.64. The minimum absolute atomic E-state index is 0.193. The molecule has 0 saturated carbocycles. The van der Waals surface area contributed by atoms with Crippen LogP contribution in [0, 0.1) is 10.8 Å². The second kappa shape index (κ2) is 5.43. The van der Waals surface area contributed by atoms with Crippen molar-refractivity contribution in [3.05, 3.63) is 58.5 Å². The first-order valence-corrected chi connectivity index (χ1v) is 6.63. The smallest absolute Gasteiger partial charge is 0.130 e. The molecule has 2 aromatic rings. The maximum atomic E-state index is 10.5. The van der Waals surface area contributed by atoms with E-state index in [-0.39, 0.29) is 12.5 Å². The van der Waals surface area contributed by atoms with Crippen molar-refractivity contribution in [3.8, 4) is 11.5 Å². The molecule has 0 amide bonds. The summed E-state index contributed by atoms with van der Waals surface area (Å²) in [7, 11) is 0. The molecule has 1 aliphatic rings. The van der Waals surface area contributed by atoms with Crippen molar-refractivity contribution in [2.24, 2.45) is 11.1 Å². The van der Waals surface area contributed by atoms with Gasteiger partial charge in [-0.25, -0.2) is 0 Å². The molecule has 3 rings (SSSR count). The van der Waals surface area contributed by atoms with Gasteiger partial charge >= 0.3 is 0 Å². The van der Waals surface area contributed by atoms with Crippen LogP contribution in [0.4, 0.5) is 5.69 Å². The highest BCUT2D eigenvalue weighted by molar-refractivity contribution is 5.48. The number of fused-ring (bicyclic) bond motifs is 1. The van der Waals surface area contributed by atoms with Gasteiger partial charge in [0, 0.05) is 12.7 Å². The molecule has 0 spiro atoms. The van der Waals surface area contributed by atoms with Gasteiger partial charge in [0.1, 0.15) is 17.2 Å². The summed E-state index contributed by atoms with van der Waals surface area (Å²) in [5.41, 5.74) is 2.73. The fourth-order valence-corrected chi connectivity index (χ4v) is 2.66. The molecule has 2 aromatic carbocycles. The van der Waals surface area contributed by atoms with Crippen LogP contribution in [-0.4, -0.2) is 11.7 Å².